The molecule has 3 rings (SSSR count). The minimum absolute atomic E-state index is 0.0731. The third kappa shape index (κ3) is 4.21. The Morgan fingerprint density at radius 1 is 1.11 bits per heavy atom. The molecule has 0 bridgehead atoms. The quantitative estimate of drug-likeness (QED) is 0.536. The Kier molecular flexibility index (Phi) is 5.33. The smallest absolute Gasteiger partial charge is 0.271 e. The van der Waals surface area contributed by atoms with Crippen LogP contribution in [0.25, 0.3) is 0 Å². The van der Waals surface area contributed by atoms with Crippen LogP contribution in [0.2, 0.25) is 5.02 Å². The third-order valence-electron chi connectivity index (χ3n) is 3.88. The molecule has 0 radical (unpaired) electrons. The predicted molar refractivity (Wildman–Crippen MR) is 102 cm³/mol. The lowest BCUT2D eigenvalue weighted by atomic mass is 10.2. The fraction of sp³-hybridized carbons (Fsp3) is 0.0526. The Bertz CT molecular complexity index is 1080. The molecule has 0 atom stereocenters. The zero-order valence-corrected chi connectivity index (χ0v) is 14.7. The fourth-order valence-corrected chi connectivity index (χ4v) is 2.74. The number of non-ortho nitro benzene ring substituents is 1. The maximum atomic E-state index is 12.6. The molecule has 0 aliphatic carbocycles. The highest BCUT2D eigenvalue weighted by atomic mass is 35.5. The summed E-state index contributed by atoms with van der Waals surface area (Å²) in [5, 5.41) is 13.9. The van der Waals surface area contributed by atoms with Crippen LogP contribution in [0, 0.1) is 10.1 Å². The van der Waals surface area contributed by atoms with Gasteiger partial charge in [0.05, 0.1) is 11.5 Å². The molecular weight excluding hydrogens is 370 g/mol. The summed E-state index contributed by atoms with van der Waals surface area (Å²) < 4.78 is 1.38. The summed E-state index contributed by atoms with van der Waals surface area (Å²) in [6.45, 7) is 0.219. The number of benzene rings is 2. The van der Waals surface area contributed by atoms with Gasteiger partial charge in [0.2, 0.25) is 0 Å². The van der Waals surface area contributed by atoms with Gasteiger partial charge in [-0.15, -0.1) is 0 Å². The number of amides is 1. The number of nitro groups is 1. The Labute approximate surface area is 159 Å². The molecule has 1 N–H and O–H groups in total. The molecule has 0 aliphatic heterocycles. The molecule has 1 amide bonds. The molecule has 27 heavy (non-hydrogen) atoms. The van der Waals surface area contributed by atoms with Crippen molar-refractivity contribution < 1.29 is 9.72 Å². The van der Waals surface area contributed by atoms with Gasteiger partial charge >= 0.3 is 0 Å². The average molecular weight is 384 g/mol. The van der Waals surface area contributed by atoms with Crippen LogP contribution in [0.1, 0.15) is 15.9 Å². The number of carbonyl (C=O) groups excluding carboxylic acids is 1. The Morgan fingerprint density at radius 2 is 1.89 bits per heavy atom. The van der Waals surface area contributed by atoms with Gasteiger partial charge in [0.25, 0.3) is 17.2 Å². The van der Waals surface area contributed by atoms with E-state index in [9.17, 15) is 19.7 Å². The maximum Gasteiger partial charge on any atom is 0.271 e. The zero-order valence-electron chi connectivity index (χ0n) is 14.0. The first-order valence-corrected chi connectivity index (χ1v) is 8.32. The minimum Gasteiger partial charge on any atom is -0.322 e. The van der Waals surface area contributed by atoms with Gasteiger partial charge in [-0.2, -0.15) is 0 Å². The van der Waals surface area contributed by atoms with E-state index in [2.05, 4.69) is 5.32 Å². The van der Waals surface area contributed by atoms with Crippen LogP contribution in [-0.2, 0) is 6.54 Å². The van der Waals surface area contributed by atoms with Gasteiger partial charge < -0.3 is 9.88 Å². The number of nitrogens with one attached hydrogen (secondary N) is 1. The van der Waals surface area contributed by atoms with E-state index in [1.807, 2.05) is 6.07 Å². The first-order chi connectivity index (χ1) is 13.0. The van der Waals surface area contributed by atoms with Gasteiger partial charge in [-0.1, -0.05) is 35.9 Å². The highest BCUT2D eigenvalue weighted by Crippen LogP contribution is 2.18. The van der Waals surface area contributed by atoms with E-state index < -0.39 is 16.4 Å². The number of nitrogens with zero attached hydrogens (tertiary/aromatic N) is 2. The first-order valence-electron chi connectivity index (χ1n) is 7.94. The van der Waals surface area contributed by atoms with Crippen LogP contribution in [0.15, 0.2) is 71.7 Å². The van der Waals surface area contributed by atoms with E-state index in [4.69, 9.17) is 11.6 Å². The van der Waals surface area contributed by atoms with Gasteiger partial charge in [0.1, 0.15) is 5.56 Å². The third-order valence-corrected chi connectivity index (χ3v) is 4.25. The molecule has 0 unspecified atom stereocenters. The lowest BCUT2D eigenvalue weighted by Crippen LogP contribution is -2.29. The number of rotatable bonds is 5. The van der Waals surface area contributed by atoms with E-state index in [0.29, 0.717) is 5.02 Å². The second-order valence-corrected chi connectivity index (χ2v) is 6.12. The highest BCUT2D eigenvalue weighted by Gasteiger charge is 2.14. The van der Waals surface area contributed by atoms with E-state index in [1.54, 1.807) is 30.5 Å². The van der Waals surface area contributed by atoms with Crippen molar-refractivity contribution in [3.8, 4) is 0 Å². The predicted octanol–water partition coefficient (Wildman–Crippen LogP) is 3.71. The van der Waals surface area contributed by atoms with Crippen LogP contribution in [0.3, 0.4) is 0 Å². The summed E-state index contributed by atoms with van der Waals surface area (Å²) in [7, 11) is 0. The molecular formula is C19H14ClN3O4. The molecule has 2 aromatic carbocycles. The number of carbonyl (C=O) groups is 1. The Morgan fingerprint density at radius 3 is 2.63 bits per heavy atom. The van der Waals surface area contributed by atoms with Gasteiger partial charge in [0.15, 0.2) is 0 Å². The fourth-order valence-electron chi connectivity index (χ4n) is 2.54. The summed E-state index contributed by atoms with van der Waals surface area (Å²) in [6, 6.07) is 15.6. The Hall–Kier alpha value is -3.45. The number of pyridine rings is 1. The summed E-state index contributed by atoms with van der Waals surface area (Å²) in [5.41, 5.74) is 0.265. The van der Waals surface area contributed by atoms with Crippen LogP contribution in [0.4, 0.5) is 11.4 Å². The molecule has 8 heteroatoms. The maximum absolute atomic E-state index is 12.6. The number of nitro benzene ring substituents is 1. The number of anilines is 1. The summed E-state index contributed by atoms with van der Waals surface area (Å²) >= 11 is 6.13. The first kappa shape index (κ1) is 18.3. The van der Waals surface area contributed by atoms with Crippen LogP contribution in [0.5, 0.6) is 0 Å². The van der Waals surface area contributed by atoms with E-state index in [1.165, 1.54) is 34.9 Å². The molecule has 0 spiro atoms. The van der Waals surface area contributed by atoms with E-state index >= 15 is 0 Å². The number of halogens is 1. The van der Waals surface area contributed by atoms with Crippen molar-refractivity contribution in [2.75, 3.05) is 5.32 Å². The molecule has 0 aliphatic rings. The lowest BCUT2D eigenvalue weighted by Gasteiger charge is -2.10. The molecule has 3 aromatic rings. The van der Waals surface area contributed by atoms with Crippen LogP contribution < -0.4 is 10.9 Å². The van der Waals surface area contributed by atoms with Gasteiger partial charge in [-0.05, 0) is 29.8 Å². The van der Waals surface area contributed by atoms with Crippen LogP contribution in [-0.4, -0.2) is 15.4 Å². The van der Waals surface area contributed by atoms with Gasteiger partial charge in [-0.3, -0.25) is 19.7 Å². The zero-order chi connectivity index (χ0) is 19.4. The number of hydrogen-bond donors (Lipinski definition) is 1. The minimum atomic E-state index is -0.644. The SMILES string of the molecule is O=C(Nc1cccc([N+](=O)[O-])c1)c1cccn(Cc2ccccc2Cl)c1=O. The summed E-state index contributed by atoms with van der Waals surface area (Å²) in [6.07, 6.45) is 1.57. The summed E-state index contributed by atoms with van der Waals surface area (Å²) in [5.74, 6) is -0.644. The standard InChI is InChI=1S/C19H14ClN3O4/c20-17-9-2-1-5-13(17)12-22-10-4-8-16(19(22)25)18(24)21-14-6-3-7-15(11-14)23(26)27/h1-11H,12H2,(H,21,24). The second kappa shape index (κ2) is 7.84. The molecule has 136 valence electrons. The lowest BCUT2D eigenvalue weighted by molar-refractivity contribution is -0.384. The van der Waals surface area contributed by atoms with Crippen LogP contribution >= 0.6 is 11.6 Å². The topological polar surface area (TPSA) is 94.2 Å². The molecule has 0 fully saturated rings. The monoisotopic (exact) mass is 383 g/mol. The average Bonchev–Trinajstić information content (AvgIpc) is 2.65. The Balaban J connectivity index is 1.86. The van der Waals surface area contributed by atoms with Crippen molar-refractivity contribution >= 4 is 28.9 Å². The molecule has 0 saturated carbocycles. The van der Waals surface area contributed by atoms with Crippen molar-refractivity contribution in [3.63, 3.8) is 0 Å². The number of hydrogen-bond acceptors (Lipinski definition) is 4. The van der Waals surface area contributed by atoms with Gasteiger partial charge in [-0.25, -0.2) is 0 Å². The van der Waals surface area contributed by atoms with Crippen molar-refractivity contribution in [1.82, 2.24) is 4.57 Å². The molecule has 1 heterocycles. The molecule has 1 aromatic heterocycles. The number of aromatic nitrogens is 1. The van der Waals surface area contributed by atoms with Crippen molar-refractivity contribution in [3.05, 3.63) is 103 Å². The van der Waals surface area contributed by atoms with Crippen molar-refractivity contribution in [2.45, 2.75) is 6.54 Å². The van der Waals surface area contributed by atoms with E-state index in [0.717, 1.165) is 5.56 Å². The van der Waals surface area contributed by atoms with Crippen molar-refractivity contribution in [1.29, 1.82) is 0 Å². The van der Waals surface area contributed by atoms with E-state index in [-0.39, 0.29) is 23.5 Å². The second-order valence-electron chi connectivity index (χ2n) is 5.71. The molecule has 7 nitrogen and oxygen atoms in total. The van der Waals surface area contributed by atoms with Gasteiger partial charge in [0, 0.05) is 29.0 Å². The highest BCUT2D eigenvalue weighted by molar-refractivity contribution is 6.31. The summed E-state index contributed by atoms with van der Waals surface area (Å²) in [4.78, 5) is 35.4. The largest absolute Gasteiger partial charge is 0.322 e. The normalized spacial score (nSPS) is 10.4. The van der Waals surface area contributed by atoms with Crippen molar-refractivity contribution in [2.24, 2.45) is 0 Å². The molecule has 0 saturated heterocycles.